The fourth-order valence-electron chi connectivity index (χ4n) is 2.39. The number of amides is 1. The summed E-state index contributed by atoms with van der Waals surface area (Å²) in [4.78, 5) is 11.9. The topological polar surface area (TPSA) is 67.0 Å². The zero-order valence-corrected chi connectivity index (χ0v) is 11.3. The Hall–Kier alpha value is -2.14. The molecule has 3 rings (SSSR count). The van der Waals surface area contributed by atoms with Crippen LogP contribution in [0, 0.1) is 6.92 Å². The molecule has 0 aliphatic carbocycles. The van der Waals surface area contributed by atoms with Gasteiger partial charge in [0.1, 0.15) is 6.10 Å². The third kappa shape index (κ3) is 2.58. The van der Waals surface area contributed by atoms with Gasteiger partial charge >= 0.3 is 0 Å². The molecule has 1 aliphatic heterocycles. The Labute approximate surface area is 117 Å². The maximum absolute atomic E-state index is 11.9. The van der Waals surface area contributed by atoms with Crippen molar-refractivity contribution < 1.29 is 9.53 Å². The van der Waals surface area contributed by atoms with Crippen molar-refractivity contribution in [1.82, 2.24) is 10.2 Å². The molecule has 0 unspecified atom stereocenters. The highest BCUT2D eigenvalue weighted by Gasteiger charge is 2.24. The highest BCUT2D eigenvalue weighted by molar-refractivity contribution is 5.94. The van der Waals surface area contributed by atoms with Crippen LogP contribution in [0.5, 0.6) is 0 Å². The molecule has 1 saturated heterocycles. The van der Waals surface area contributed by atoms with Crippen LogP contribution in [0.4, 0.5) is 5.82 Å². The van der Waals surface area contributed by atoms with Crippen LogP contribution >= 0.6 is 0 Å². The summed E-state index contributed by atoms with van der Waals surface area (Å²) in [5.41, 5.74) is 3.14. The summed E-state index contributed by atoms with van der Waals surface area (Å²) in [5.74, 6) is 0.411. The minimum Gasteiger partial charge on any atom is -0.368 e. The van der Waals surface area contributed by atoms with Gasteiger partial charge in [-0.3, -0.25) is 9.89 Å². The number of hydrogen-bond donors (Lipinski definition) is 2. The molecule has 1 amide bonds. The molecule has 5 nitrogen and oxygen atoms in total. The number of nitrogens with zero attached hydrogens (tertiary/aromatic N) is 1. The fraction of sp³-hybridized carbons (Fsp3) is 0.333. The average molecular weight is 271 g/mol. The minimum atomic E-state index is -0.339. The van der Waals surface area contributed by atoms with E-state index in [1.54, 1.807) is 0 Å². The monoisotopic (exact) mass is 271 g/mol. The lowest BCUT2D eigenvalue weighted by molar-refractivity contribution is -0.124. The largest absolute Gasteiger partial charge is 0.368 e. The Morgan fingerprint density at radius 2 is 2.30 bits per heavy atom. The Kier molecular flexibility index (Phi) is 3.52. The molecule has 0 saturated carbocycles. The Morgan fingerprint density at radius 3 is 3.05 bits per heavy atom. The number of anilines is 1. The van der Waals surface area contributed by atoms with E-state index in [0.29, 0.717) is 12.4 Å². The molecule has 5 heteroatoms. The predicted molar refractivity (Wildman–Crippen MR) is 76.4 cm³/mol. The van der Waals surface area contributed by atoms with Crippen molar-refractivity contribution in [3.63, 3.8) is 0 Å². The summed E-state index contributed by atoms with van der Waals surface area (Å²) in [7, 11) is 0. The number of benzene rings is 1. The van der Waals surface area contributed by atoms with Gasteiger partial charge < -0.3 is 10.1 Å². The lowest BCUT2D eigenvalue weighted by Crippen LogP contribution is -2.26. The second kappa shape index (κ2) is 5.46. The summed E-state index contributed by atoms with van der Waals surface area (Å²) >= 11 is 0. The van der Waals surface area contributed by atoms with Crippen LogP contribution in [0.2, 0.25) is 0 Å². The molecule has 20 heavy (non-hydrogen) atoms. The molecule has 1 atom stereocenters. The lowest BCUT2D eigenvalue weighted by atomic mass is 10.1. The standard InChI is InChI=1S/C15H17N3O2/c1-10-5-2-3-6-11(10)12-9-14(18-17-12)16-15(19)13-7-4-8-20-13/h2-3,5-6,9,13H,4,7-8H2,1H3,(H2,16,17,18,19)/t13-/m0/s1. The number of aromatic amines is 1. The predicted octanol–water partition coefficient (Wildman–Crippen LogP) is 2.50. The van der Waals surface area contributed by atoms with E-state index >= 15 is 0 Å². The van der Waals surface area contributed by atoms with Crippen LogP contribution in [0.1, 0.15) is 18.4 Å². The van der Waals surface area contributed by atoms with Gasteiger partial charge in [-0.25, -0.2) is 0 Å². The van der Waals surface area contributed by atoms with Gasteiger partial charge in [-0.1, -0.05) is 24.3 Å². The highest BCUT2D eigenvalue weighted by atomic mass is 16.5. The molecule has 1 aromatic heterocycles. The van der Waals surface area contributed by atoms with Crippen molar-refractivity contribution in [2.24, 2.45) is 0 Å². The van der Waals surface area contributed by atoms with E-state index in [9.17, 15) is 4.79 Å². The van der Waals surface area contributed by atoms with Crippen molar-refractivity contribution in [2.45, 2.75) is 25.9 Å². The smallest absolute Gasteiger partial charge is 0.254 e. The normalized spacial score (nSPS) is 18.1. The van der Waals surface area contributed by atoms with Crippen molar-refractivity contribution in [2.75, 3.05) is 11.9 Å². The van der Waals surface area contributed by atoms with Gasteiger partial charge in [0.25, 0.3) is 5.91 Å². The van der Waals surface area contributed by atoms with Crippen LogP contribution in [0.25, 0.3) is 11.3 Å². The SMILES string of the molecule is Cc1ccccc1-c1cc(NC(=O)[C@@H]2CCCO2)n[nH]1. The van der Waals surface area contributed by atoms with E-state index in [1.165, 1.54) is 0 Å². The Balaban J connectivity index is 1.74. The number of carbonyl (C=O) groups is 1. The number of carbonyl (C=O) groups excluding carboxylic acids is 1. The van der Waals surface area contributed by atoms with Gasteiger partial charge in [-0.15, -0.1) is 0 Å². The average Bonchev–Trinajstić information content (AvgIpc) is 3.10. The molecular weight excluding hydrogens is 254 g/mol. The number of aryl methyl sites for hydroxylation is 1. The maximum atomic E-state index is 11.9. The third-order valence-electron chi connectivity index (χ3n) is 3.49. The van der Waals surface area contributed by atoms with Crippen molar-refractivity contribution in [3.8, 4) is 11.3 Å². The van der Waals surface area contributed by atoms with Crippen LogP contribution in [-0.4, -0.2) is 28.8 Å². The second-order valence-electron chi connectivity index (χ2n) is 4.97. The zero-order valence-electron chi connectivity index (χ0n) is 11.3. The number of rotatable bonds is 3. The molecule has 1 aliphatic rings. The van der Waals surface area contributed by atoms with Gasteiger partial charge in [0.05, 0.1) is 5.69 Å². The first kappa shape index (κ1) is 12.9. The summed E-state index contributed by atoms with van der Waals surface area (Å²) in [6.45, 7) is 2.70. The minimum absolute atomic E-state index is 0.120. The number of ether oxygens (including phenoxy) is 1. The number of H-pyrrole nitrogens is 1. The number of nitrogens with one attached hydrogen (secondary N) is 2. The van der Waals surface area contributed by atoms with E-state index in [-0.39, 0.29) is 12.0 Å². The molecule has 2 N–H and O–H groups in total. The molecule has 104 valence electrons. The van der Waals surface area contributed by atoms with Gasteiger partial charge in [0.2, 0.25) is 0 Å². The molecule has 0 spiro atoms. The van der Waals surface area contributed by atoms with E-state index in [4.69, 9.17) is 4.74 Å². The first-order chi connectivity index (χ1) is 9.74. The molecule has 1 aromatic carbocycles. The molecule has 0 bridgehead atoms. The number of aromatic nitrogens is 2. The number of hydrogen-bond acceptors (Lipinski definition) is 3. The van der Waals surface area contributed by atoms with Crippen molar-refractivity contribution in [3.05, 3.63) is 35.9 Å². The van der Waals surface area contributed by atoms with Gasteiger partial charge in [-0.2, -0.15) is 5.10 Å². The van der Waals surface area contributed by atoms with E-state index in [1.807, 2.05) is 37.3 Å². The summed E-state index contributed by atoms with van der Waals surface area (Å²) in [5, 5.41) is 9.87. The van der Waals surface area contributed by atoms with Crippen LogP contribution in [0.3, 0.4) is 0 Å². The zero-order chi connectivity index (χ0) is 13.9. The first-order valence-corrected chi connectivity index (χ1v) is 6.78. The maximum Gasteiger partial charge on any atom is 0.254 e. The lowest BCUT2D eigenvalue weighted by Gasteiger charge is -2.07. The quantitative estimate of drug-likeness (QED) is 0.901. The molecule has 0 radical (unpaired) electrons. The highest BCUT2D eigenvalue weighted by Crippen LogP contribution is 2.23. The third-order valence-corrected chi connectivity index (χ3v) is 3.49. The Morgan fingerprint density at radius 1 is 1.45 bits per heavy atom. The van der Waals surface area contributed by atoms with E-state index < -0.39 is 0 Å². The van der Waals surface area contributed by atoms with Crippen molar-refractivity contribution >= 4 is 11.7 Å². The van der Waals surface area contributed by atoms with E-state index in [2.05, 4.69) is 15.5 Å². The van der Waals surface area contributed by atoms with Crippen LogP contribution < -0.4 is 5.32 Å². The molecule has 1 fully saturated rings. The summed E-state index contributed by atoms with van der Waals surface area (Å²) < 4.78 is 5.35. The van der Waals surface area contributed by atoms with Gasteiger partial charge in [0, 0.05) is 18.2 Å². The van der Waals surface area contributed by atoms with Gasteiger partial charge in [-0.05, 0) is 25.3 Å². The molecule has 2 heterocycles. The summed E-state index contributed by atoms with van der Waals surface area (Å²) in [6.07, 6.45) is 1.38. The second-order valence-corrected chi connectivity index (χ2v) is 4.97. The molecular formula is C15H17N3O2. The fourth-order valence-corrected chi connectivity index (χ4v) is 2.39. The van der Waals surface area contributed by atoms with Crippen LogP contribution in [0.15, 0.2) is 30.3 Å². The first-order valence-electron chi connectivity index (χ1n) is 6.78. The van der Waals surface area contributed by atoms with Crippen molar-refractivity contribution in [1.29, 1.82) is 0 Å². The molecule has 2 aromatic rings. The van der Waals surface area contributed by atoms with E-state index in [0.717, 1.165) is 29.7 Å². The summed E-state index contributed by atoms with van der Waals surface area (Å²) in [6, 6.07) is 9.88. The van der Waals surface area contributed by atoms with Crippen LogP contribution in [-0.2, 0) is 9.53 Å². The Bertz CT molecular complexity index is 615. The van der Waals surface area contributed by atoms with Gasteiger partial charge in [0.15, 0.2) is 5.82 Å².